The number of nitrogen functional groups attached to an aromatic ring is 1. The minimum Gasteiger partial charge on any atom is -0.443 e. The number of ether oxygens (including phenoxy) is 4. The molecule has 218 valence electrons. The van der Waals surface area contributed by atoms with E-state index < -0.39 is 40.6 Å². The van der Waals surface area contributed by atoms with Gasteiger partial charge in [-0.15, -0.1) is 0 Å². The highest BCUT2D eigenvalue weighted by Crippen LogP contribution is 2.33. The second-order valence-electron chi connectivity index (χ2n) is 10.6. The lowest BCUT2D eigenvalue weighted by Gasteiger charge is -2.33. The van der Waals surface area contributed by atoms with Gasteiger partial charge >= 0.3 is 6.09 Å². The Morgan fingerprint density at radius 1 is 1.07 bits per heavy atom. The maximum absolute atomic E-state index is 13.3. The number of aliphatic hydroxyl groups is 1. The zero-order valence-electron chi connectivity index (χ0n) is 22.2. The minimum atomic E-state index is -4.12. The molecule has 0 aromatic heterocycles. The van der Waals surface area contributed by atoms with Crippen LogP contribution in [0, 0.1) is 5.92 Å². The SMILES string of the molecule is Nc1cccc(S(=O)(=O)NC(OC2CCCC2)[C@H](O)[C@H](Cc2ccccc2)NC(=O)O[C@H]2CO[C@H]3OCC[C@H]32)c1. The predicted octanol–water partition coefficient (Wildman–Crippen LogP) is 2.29. The summed E-state index contributed by atoms with van der Waals surface area (Å²) in [5.74, 6) is -0.0492. The summed E-state index contributed by atoms with van der Waals surface area (Å²) < 4.78 is 52.1. The van der Waals surface area contributed by atoms with E-state index in [-0.39, 0.29) is 41.9 Å². The summed E-state index contributed by atoms with van der Waals surface area (Å²) in [7, 11) is -4.12. The zero-order chi connectivity index (χ0) is 28.1. The standard InChI is InChI=1S/C28H37N3O8S/c29-19-9-6-12-21(16-19)40(34,35)31-26(38-20-10-4-5-11-20)25(32)23(15-18-7-2-1-3-8-18)30-28(33)39-24-17-37-27-22(24)13-14-36-27/h1-3,6-9,12,16,20,22-27,31-32H,4-5,10-11,13-15,17,29H2,(H,30,33)/t22-,23-,24-,25+,26?,27+/m0/s1. The lowest BCUT2D eigenvalue weighted by atomic mass is 10.00. The number of rotatable bonds is 11. The number of alkyl carbamates (subject to hydrolysis) is 1. The van der Waals surface area contributed by atoms with Gasteiger partial charge < -0.3 is 35.1 Å². The van der Waals surface area contributed by atoms with Gasteiger partial charge in [0.1, 0.15) is 18.4 Å². The van der Waals surface area contributed by atoms with Gasteiger partial charge in [-0.2, -0.15) is 4.72 Å². The number of anilines is 1. The lowest BCUT2D eigenvalue weighted by Crippen LogP contribution is -2.57. The molecule has 2 aromatic carbocycles. The van der Waals surface area contributed by atoms with E-state index in [2.05, 4.69) is 10.0 Å². The summed E-state index contributed by atoms with van der Waals surface area (Å²) in [4.78, 5) is 13.0. The van der Waals surface area contributed by atoms with Gasteiger partial charge in [0.25, 0.3) is 0 Å². The van der Waals surface area contributed by atoms with E-state index in [1.54, 1.807) is 6.07 Å². The third-order valence-corrected chi connectivity index (χ3v) is 9.07. The maximum Gasteiger partial charge on any atom is 0.407 e. The summed E-state index contributed by atoms with van der Waals surface area (Å²) in [6, 6.07) is 14.2. The highest BCUT2D eigenvalue weighted by atomic mass is 32.2. The Labute approximate surface area is 234 Å². The third kappa shape index (κ3) is 7.12. The van der Waals surface area contributed by atoms with Crippen LogP contribution in [-0.2, 0) is 35.4 Å². The fourth-order valence-corrected chi connectivity index (χ4v) is 6.70. The van der Waals surface area contributed by atoms with Crippen LogP contribution in [0.4, 0.5) is 10.5 Å². The van der Waals surface area contributed by atoms with Crippen molar-refractivity contribution in [3.05, 3.63) is 60.2 Å². The van der Waals surface area contributed by atoms with Crippen LogP contribution in [0.15, 0.2) is 59.5 Å². The van der Waals surface area contributed by atoms with Crippen molar-refractivity contribution in [2.75, 3.05) is 18.9 Å². The maximum atomic E-state index is 13.3. The smallest absolute Gasteiger partial charge is 0.407 e. The molecule has 3 aliphatic rings. The second kappa shape index (κ2) is 12.8. The number of nitrogens with two attached hydrogens (primary N) is 1. The van der Waals surface area contributed by atoms with Crippen LogP contribution in [0.3, 0.4) is 0 Å². The van der Waals surface area contributed by atoms with E-state index in [4.69, 9.17) is 24.7 Å². The molecule has 2 heterocycles. The summed E-state index contributed by atoms with van der Waals surface area (Å²) >= 11 is 0. The van der Waals surface area contributed by atoms with Crippen LogP contribution in [0.2, 0.25) is 0 Å². The number of aliphatic hydroxyl groups excluding tert-OH is 1. The van der Waals surface area contributed by atoms with Crippen LogP contribution >= 0.6 is 0 Å². The molecule has 3 fully saturated rings. The summed E-state index contributed by atoms with van der Waals surface area (Å²) in [6.07, 6.45) is -0.309. The van der Waals surface area contributed by atoms with E-state index in [1.165, 1.54) is 18.2 Å². The second-order valence-corrected chi connectivity index (χ2v) is 12.3. The van der Waals surface area contributed by atoms with E-state index in [1.807, 2.05) is 30.3 Å². The monoisotopic (exact) mass is 575 g/mol. The molecule has 1 aliphatic carbocycles. The van der Waals surface area contributed by atoms with Gasteiger partial charge in [0.05, 0.1) is 36.2 Å². The zero-order valence-corrected chi connectivity index (χ0v) is 23.0. The first-order chi connectivity index (χ1) is 19.3. The number of carbonyl (C=O) groups is 1. The molecule has 1 amide bonds. The Kier molecular flexibility index (Phi) is 9.24. The fraction of sp³-hybridized carbons (Fsp3) is 0.536. The molecule has 5 N–H and O–H groups in total. The number of amides is 1. The Hall–Kier alpha value is -2.74. The van der Waals surface area contributed by atoms with Crippen molar-refractivity contribution in [1.82, 2.24) is 10.0 Å². The quantitative estimate of drug-likeness (QED) is 0.233. The Bertz CT molecular complexity index is 1240. The predicted molar refractivity (Wildman–Crippen MR) is 145 cm³/mol. The van der Waals surface area contributed by atoms with Gasteiger partial charge in [-0.1, -0.05) is 49.2 Å². The highest BCUT2D eigenvalue weighted by molar-refractivity contribution is 7.89. The first kappa shape index (κ1) is 28.8. The molecule has 11 nitrogen and oxygen atoms in total. The van der Waals surface area contributed by atoms with Crippen LogP contribution < -0.4 is 15.8 Å². The lowest BCUT2D eigenvalue weighted by molar-refractivity contribution is -0.0912. The molecule has 6 atom stereocenters. The van der Waals surface area contributed by atoms with Crippen molar-refractivity contribution in [3.8, 4) is 0 Å². The number of fused-ring (bicyclic) bond motifs is 1. The van der Waals surface area contributed by atoms with Crippen molar-refractivity contribution in [1.29, 1.82) is 0 Å². The molecule has 5 rings (SSSR count). The molecule has 1 saturated carbocycles. The topological polar surface area (TPSA) is 158 Å². The summed E-state index contributed by atoms with van der Waals surface area (Å²) in [5.41, 5.74) is 6.93. The van der Waals surface area contributed by atoms with Crippen molar-refractivity contribution < 1.29 is 37.3 Å². The molecular formula is C28H37N3O8S. The normalized spacial score (nSPS) is 25.3. The number of benzene rings is 2. The van der Waals surface area contributed by atoms with E-state index >= 15 is 0 Å². The minimum absolute atomic E-state index is 0.0492. The van der Waals surface area contributed by atoms with Crippen LogP contribution in [0.1, 0.15) is 37.7 Å². The highest BCUT2D eigenvalue weighted by Gasteiger charge is 2.44. The molecule has 0 bridgehead atoms. The van der Waals surface area contributed by atoms with Crippen molar-refractivity contribution in [2.24, 2.45) is 5.92 Å². The van der Waals surface area contributed by atoms with Gasteiger partial charge in [0, 0.05) is 5.69 Å². The Morgan fingerprint density at radius 2 is 1.85 bits per heavy atom. The molecule has 0 radical (unpaired) electrons. The average molecular weight is 576 g/mol. The number of nitrogens with one attached hydrogen (secondary N) is 2. The molecule has 0 spiro atoms. The van der Waals surface area contributed by atoms with Gasteiger partial charge in [-0.3, -0.25) is 0 Å². The van der Waals surface area contributed by atoms with Crippen LogP contribution in [0.25, 0.3) is 0 Å². The molecular weight excluding hydrogens is 538 g/mol. The molecule has 40 heavy (non-hydrogen) atoms. The fourth-order valence-electron chi connectivity index (χ4n) is 5.52. The van der Waals surface area contributed by atoms with Crippen molar-refractivity contribution >= 4 is 21.8 Å². The molecule has 2 aliphatic heterocycles. The van der Waals surface area contributed by atoms with Crippen LogP contribution in [-0.4, -0.2) is 69.7 Å². The first-order valence-electron chi connectivity index (χ1n) is 13.7. The number of hydrogen-bond donors (Lipinski definition) is 4. The average Bonchev–Trinajstić information content (AvgIpc) is 3.69. The van der Waals surface area contributed by atoms with Gasteiger partial charge in [0.2, 0.25) is 10.0 Å². The molecule has 2 aromatic rings. The Balaban J connectivity index is 1.36. The number of carbonyl (C=O) groups excluding carboxylic acids is 1. The first-order valence-corrected chi connectivity index (χ1v) is 15.2. The van der Waals surface area contributed by atoms with E-state index in [0.29, 0.717) is 6.61 Å². The molecule has 12 heteroatoms. The van der Waals surface area contributed by atoms with Crippen LogP contribution in [0.5, 0.6) is 0 Å². The van der Waals surface area contributed by atoms with E-state index in [9.17, 15) is 18.3 Å². The summed E-state index contributed by atoms with van der Waals surface area (Å²) in [6.45, 7) is 0.766. The van der Waals surface area contributed by atoms with Crippen molar-refractivity contribution in [2.45, 2.75) is 80.3 Å². The number of hydrogen-bond acceptors (Lipinski definition) is 9. The summed E-state index contributed by atoms with van der Waals surface area (Å²) in [5, 5.41) is 14.4. The van der Waals surface area contributed by atoms with Crippen molar-refractivity contribution in [3.63, 3.8) is 0 Å². The van der Waals surface area contributed by atoms with Gasteiger partial charge in [-0.05, 0) is 49.4 Å². The molecule has 2 saturated heterocycles. The van der Waals surface area contributed by atoms with E-state index in [0.717, 1.165) is 37.7 Å². The Morgan fingerprint density at radius 3 is 2.60 bits per heavy atom. The van der Waals surface area contributed by atoms with Gasteiger partial charge in [0.15, 0.2) is 6.29 Å². The largest absolute Gasteiger partial charge is 0.443 e. The van der Waals surface area contributed by atoms with Gasteiger partial charge in [-0.25, -0.2) is 13.2 Å². The third-order valence-electron chi connectivity index (χ3n) is 7.65. The number of sulfonamides is 1. The molecule has 1 unspecified atom stereocenters.